The molecule has 0 saturated carbocycles. The van der Waals surface area contributed by atoms with Gasteiger partial charge >= 0.3 is 0 Å². The van der Waals surface area contributed by atoms with Crippen molar-refractivity contribution in [2.24, 2.45) is 0 Å². The highest BCUT2D eigenvalue weighted by Gasteiger charge is 1.99. The van der Waals surface area contributed by atoms with Crippen molar-refractivity contribution in [2.75, 3.05) is 0 Å². The molecule has 0 aliphatic rings. The van der Waals surface area contributed by atoms with Gasteiger partial charge in [0.25, 0.3) is 0 Å². The van der Waals surface area contributed by atoms with E-state index in [2.05, 4.69) is 80.4 Å². The number of fused-ring (bicyclic) bond motifs is 2. The lowest BCUT2D eigenvalue weighted by Gasteiger charge is -2.03. The summed E-state index contributed by atoms with van der Waals surface area (Å²) in [5.41, 5.74) is 0. The quantitative estimate of drug-likeness (QED) is 0.525. The van der Waals surface area contributed by atoms with Crippen molar-refractivity contribution < 1.29 is 0 Å². The molecule has 0 aromatic heterocycles. The minimum Gasteiger partial charge on any atom is -0.0616 e. The van der Waals surface area contributed by atoms with Crippen LogP contribution in [0.3, 0.4) is 0 Å². The normalized spacial score (nSPS) is 13.7. The van der Waals surface area contributed by atoms with Crippen LogP contribution >= 0.6 is 31.9 Å². The van der Waals surface area contributed by atoms with Crippen LogP contribution < -0.4 is 10.4 Å². The lowest BCUT2D eigenvalue weighted by Crippen LogP contribution is -2.23. The first-order valence-electron chi connectivity index (χ1n) is 5.66. The molecule has 0 heterocycles. The molecule has 3 rings (SSSR count). The van der Waals surface area contributed by atoms with Crippen LogP contribution in [0.1, 0.15) is 0 Å². The van der Waals surface area contributed by atoms with Crippen molar-refractivity contribution in [3.05, 3.63) is 59.0 Å². The summed E-state index contributed by atoms with van der Waals surface area (Å²) >= 11 is 6.89. The van der Waals surface area contributed by atoms with Gasteiger partial charge in [0.2, 0.25) is 0 Å². The van der Waals surface area contributed by atoms with Gasteiger partial charge in [-0.15, -0.1) is 0 Å². The third kappa shape index (κ3) is 1.90. The first kappa shape index (κ1) is 11.9. The van der Waals surface area contributed by atoms with Gasteiger partial charge < -0.3 is 0 Å². The molecule has 0 N–H and O–H groups in total. The molecule has 0 aliphatic carbocycles. The Bertz CT molecular complexity index is 848. The third-order valence-corrected chi connectivity index (χ3v) is 4.14. The summed E-state index contributed by atoms with van der Waals surface area (Å²) in [7, 11) is 0. The van der Waals surface area contributed by atoms with Crippen LogP contribution in [0.2, 0.25) is 0 Å². The molecular weight excluding hydrogens is 352 g/mol. The summed E-state index contributed by atoms with van der Waals surface area (Å²) in [6, 6.07) is 17.2. The van der Waals surface area contributed by atoms with Crippen LogP contribution in [0.15, 0.2) is 48.5 Å². The second-order valence-corrected chi connectivity index (χ2v) is 5.12. The van der Waals surface area contributed by atoms with E-state index in [1.807, 2.05) is 9.97 Å². The Kier molecular flexibility index (Phi) is 3.23. The Labute approximate surface area is 122 Å². The summed E-state index contributed by atoms with van der Waals surface area (Å²) in [6.45, 7) is 0. The highest BCUT2D eigenvalue weighted by Crippen LogP contribution is 2.19. The van der Waals surface area contributed by atoms with E-state index >= 15 is 0 Å². The maximum atomic E-state index is 3.47. The minimum atomic E-state index is 1.18. The monoisotopic (exact) mass is 360 g/mol. The van der Waals surface area contributed by atoms with Gasteiger partial charge in [-0.3, -0.25) is 0 Å². The Morgan fingerprint density at radius 1 is 0.722 bits per heavy atom. The fraction of sp³-hybridized carbons (Fsp3) is 0. The number of benzene rings is 3. The number of hydrogen-bond acceptors (Lipinski definition) is 0. The van der Waals surface area contributed by atoms with Crippen LogP contribution in [0.4, 0.5) is 0 Å². The van der Waals surface area contributed by atoms with Gasteiger partial charge in [0.1, 0.15) is 0 Å². The average Bonchev–Trinajstić information content (AvgIpc) is 2.43. The predicted molar refractivity (Wildman–Crippen MR) is 87.5 cm³/mol. The van der Waals surface area contributed by atoms with Crippen molar-refractivity contribution in [1.82, 2.24) is 0 Å². The molecular formula is C16H10Br2. The van der Waals surface area contributed by atoms with E-state index in [0.717, 1.165) is 0 Å². The first-order valence-corrected chi connectivity index (χ1v) is 7.49. The topological polar surface area (TPSA) is 0 Å². The molecule has 0 unspecified atom stereocenters. The Morgan fingerprint density at radius 2 is 1.44 bits per heavy atom. The summed E-state index contributed by atoms with van der Waals surface area (Å²) < 4.78 is 0. The van der Waals surface area contributed by atoms with E-state index in [4.69, 9.17) is 0 Å². The van der Waals surface area contributed by atoms with E-state index in [0.29, 0.717) is 0 Å². The van der Waals surface area contributed by atoms with Gasteiger partial charge in [0.15, 0.2) is 0 Å². The lowest BCUT2D eigenvalue weighted by molar-refractivity contribution is 1.62. The van der Waals surface area contributed by atoms with Gasteiger partial charge in [0, 0.05) is 0 Å². The molecule has 3 aromatic carbocycles. The van der Waals surface area contributed by atoms with Gasteiger partial charge in [-0.05, 0) is 54.1 Å². The first-order chi connectivity index (χ1) is 8.83. The van der Waals surface area contributed by atoms with E-state index in [9.17, 15) is 0 Å². The standard InChI is InChI=1S/C16H10Br2/c17-9-14-6-5-13-7-11-3-1-2-4-12(11)8-15(13)16(14)10-18/h1-10H. The van der Waals surface area contributed by atoms with Crippen molar-refractivity contribution in [3.63, 3.8) is 0 Å². The average molecular weight is 362 g/mol. The molecule has 0 fully saturated rings. The largest absolute Gasteiger partial charge is 0.0616 e. The lowest BCUT2D eigenvalue weighted by atomic mass is 10.0. The molecule has 0 atom stereocenters. The summed E-state index contributed by atoms with van der Waals surface area (Å²) in [5, 5.41) is 7.45. The van der Waals surface area contributed by atoms with Crippen LogP contribution in [-0.4, -0.2) is 0 Å². The highest BCUT2D eigenvalue weighted by atomic mass is 79.9. The Balaban J connectivity index is 2.59. The second kappa shape index (κ2) is 4.87. The molecule has 88 valence electrons. The van der Waals surface area contributed by atoms with Crippen LogP contribution in [0.5, 0.6) is 0 Å². The Morgan fingerprint density at radius 3 is 2.11 bits per heavy atom. The molecule has 0 bridgehead atoms. The van der Waals surface area contributed by atoms with Gasteiger partial charge in [-0.2, -0.15) is 0 Å². The minimum absolute atomic E-state index is 1.18. The third-order valence-electron chi connectivity index (χ3n) is 3.19. The molecule has 0 radical (unpaired) electrons. The molecule has 0 spiro atoms. The van der Waals surface area contributed by atoms with Crippen LogP contribution in [-0.2, 0) is 0 Å². The molecule has 0 aliphatic heterocycles. The van der Waals surface area contributed by atoms with Crippen LogP contribution in [0, 0.1) is 0 Å². The fourth-order valence-electron chi connectivity index (χ4n) is 2.27. The number of halogens is 2. The smallest absolute Gasteiger partial charge is 0.00307 e. The molecule has 0 saturated heterocycles. The zero-order chi connectivity index (χ0) is 12.5. The van der Waals surface area contributed by atoms with Gasteiger partial charge in [-0.1, -0.05) is 68.3 Å². The van der Waals surface area contributed by atoms with E-state index in [-0.39, 0.29) is 0 Å². The predicted octanol–water partition coefficient (Wildman–Crippen LogP) is 4.26. The molecule has 0 amide bonds. The number of hydrogen-bond donors (Lipinski definition) is 0. The van der Waals surface area contributed by atoms with E-state index in [1.54, 1.807) is 0 Å². The summed E-state index contributed by atoms with van der Waals surface area (Å²) in [6.07, 6.45) is 0. The van der Waals surface area contributed by atoms with Crippen molar-refractivity contribution in [2.45, 2.75) is 0 Å². The van der Waals surface area contributed by atoms with E-state index < -0.39 is 0 Å². The fourth-order valence-corrected chi connectivity index (χ4v) is 3.18. The van der Waals surface area contributed by atoms with Crippen LogP contribution in [0.25, 0.3) is 31.5 Å². The highest BCUT2D eigenvalue weighted by molar-refractivity contribution is 9.14. The molecule has 3 aromatic rings. The SMILES string of the molecule is BrC=c1ccc2cc3ccccc3cc2c1=CBr. The summed E-state index contributed by atoms with van der Waals surface area (Å²) in [4.78, 5) is 3.94. The number of rotatable bonds is 0. The molecule has 0 nitrogen and oxygen atoms in total. The summed E-state index contributed by atoms with van der Waals surface area (Å²) in [5.74, 6) is 0. The Hall–Kier alpha value is -1.12. The van der Waals surface area contributed by atoms with Gasteiger partial charge in [-0.25, -0.2) is 0 Å². The van der Waals surface area contributed by atoms with Crippen molar-refractivity contribution >= 4 is 63.4 Å². The second-order valence-electron chi connectivity index (χ2n) is 4.21. The molecule has 2 heteroatoms. The van der Waals surface area contributed by atoms with Crippen molar-refractivity contribution in [3.8, 4) is 0 Å². The molecule has 18 heavy (non-hydrogen) atoms. The van der Waals surface area contributed by atoms with Gasteiger partial charge in [0.05, 0.1) is 0 Å². The maximum absolute atomic E-state index is 3.47. The zero-order valence-electron chi connectivity index (χ0n) is 9.53. The van der Waals surface area contributed by atoms with Crippen molar-refractivity contribution in [1.29, 1.82) is 0 Å². The zero-order valence-corrected chi connectivity index (χ0v) is 12.7. The van der Waals surface area contributed by atoms with E-state index in [1.165, 1.54) is 32.0 Å². The maximum Gasteiger partial charge on any atom is -0.00307 e.